The second kappa shape index (κ2) is 4.80. The van der Waals surface area contributed by atoms with E-state index in [1.807, 2.05) is 30.3 Å². The predicted octanol–water partition coefficient (Wildman–Crippen LogP) is 0.112. The van der Waals surface area contributed by atoms with E-state index >= 15 is 0 Å². The molecule has 1 aliphatic heterocycles. The summed E-state index contributed by atoms with van der Waals surface area (Å²) in [5, 5.41) is 5.34. The maximum atomic E-state index is 11.5. The molecular weight excluding hydrogens is 207 g/mol. The van der Waals surface area contributed by atoms with Crippen molar-refractivity contribution < 1.29 is 14.2 Å². The van der Waals surface area contributed by atoms with Crippen LogP contribution in [0.25, 0.3) is 0 Å². The highest BCUT2D eigenvalue weighted by Gasteiger charge is 2.36. The zero-order chi connectivity index (χ0) is 11.4. The van der Waals surface area contributed by atoms with Gasteiger partial charge in [0.25, 0.3) is 0 Å². The number of carbonyl (C=O) groups is 2. The molecule has 1 aliphatic rings. The SMILES string of the molecule is O=C1CNB(C(=O)NCc2ccccc2)O1. The molecule has 0 radical (unpaired) electrons. The van der Waals surface area contributed by atoms with E-state index in [1.165, 1.54) is 0 Å². The van der Waals surface area contributed by atoms with Crippen molar-refractivity contribution in [2.45, 2.75) is 6.54 Å². The summed E-state index contributed by atoms with van der Waals surface area (Å²) in [5.74, 6) is -0.727. The third-order valence-electron chi connectivity index (χ3n) is 2.23. The summed E-state index contributed by atoms with van der Waals surface area (Å²) >= 11 is 0. The van der Waals surface area contributed by atoms with Gasteiger partial charge in [-0.15, -0.1) is 0 Å². The normalized spacial score (nSPS) is 14.8. The van der Waals surface area contributed by atoms with Crippen molar-refractivity contribution in [1.82, 2.24) is 10.5 Å². The first-order valence-corrected chi connectivity index (χ1v) is 5.00. The first kappa shape index (κ1) is 10.7. The van der Waals surface area contributed by atoms with Gasteiger partial charge in [0.15, 0.2) is 0 Å². The number of amides is 1. The molecule has 1 heterocycles. The van der Waals surface area contributed by atoms with Gasteiger partial charge < -0.3 is 15.2 Å². The number of nitrogens with one attached hydrogen (secondary N) is 2. The van der Waals surface area contributed by atoms with E-state index < -0.39 is 13.0 Å². The fourth-order valence-electron chi connectivity index (χ4n) is 1.41. The summed E-state index contributed by atoms with van der Waals surface area (Å²) in [6.07, 6.45) is 0. The van der Waals surface area contributed by atoms with Crippen molar-refractivity contribution >= 4 is 18.8 Å². The number of rotatable bonds is 3. The van der Waals surface area contributed by atoms with E-state index in [0.29, 0.717) is 6.54 Å². The monoisotopic (exact) mass is 218 g/mol. The molecule has 1 saturated heterocycles. The van der Waals surface area contributed by atoms with Crippen molar-refractivity contribution in [1.29, 1.82) is 0 Å². The molecule has 1 amide bonds. The maximum absolute atomic E-state index is 11.5. The van der Waals surface area contributed by atoms with Crippen LogP contribution < -0.4 is 10.5 Å². The minimum atomic E-state index is -0.851. The number of benzene rings is 1. The van der Waals surface area contributed by atoms with Gasteiger partial charge in [-0.2, -0.15) is 0 Å². The van der Waals surface area contributed by atoms with Crippen molar-refractivity contribution in [3.63, 3.8) is 0 Å². The highest BCUT2D eigenvalue weighted by molar-refractivity contribution is 6.85. The van der Waals surface area contributed by atoms with E-state index in [1.54, 1.807) is 0 Å². The van der Waals surface area contributed by atoms with Gasteiger partial charge in [-0.3, -0.25) is 9.59 Å². The molecule has 0 saturated carbocycles. The van der Waals surface area contributed by atoms with Gasteiger partial charge in [0.2, 0.25) is 5.81 Å². The molecule has 5 nitrogen and oxygen atoms in total. The Balaban J connectivity index is 1.82. The summed E-state index contributed by atoms with van der Waals surface area (Å²) in [6.45, 7) is 0.513. The molecule has 82 valence electrons. The smallest absolute Gasteiger partial charge is 0.512 e. The van der Waals surface area contributed by atoms with Crippen LogP contribution in [0, 0.1) is 0 Å². The summed E-state index contributed by atoms with van der Waals surface area (Å²) in [6, 6.07) is 9.53. The molecule has 0 bridgehead atoms. The zero-order valence-electron chi connectivity index (χ0n) is 8.60. The molecule has 1 aromatic carbocycles. The summed E-state index contributed by atoms with van der Waals surface area (Å²) in [4.78, 5) is 22.3. The van der Waals surface area contributed by atoms with E-state index in [4.69, 9.17) is 4.65 Å². The molecule has 0 unspecified atom stereocenters. The summed E-state index contributed by atoms with van der Waals surface area (Å²) < 4.78 is 4.75. The van der Waals surface area contributed by atoms with Crippen LogP contribution in [0.15, 0.2) is 30.3 Å². The lowest BCUT2D eigenvalue weighted by atomic mass is 9.83. The number of carbonyl (C=O) groups excluding carboxylic acids is 2. The van der Waals surface area contributed by atoms with E-state index in [0.717, 1.165) is 5.56 Å². The predicted molar refractivity (Wildman–Crippen MR) is 58.5 cm³/mol. The fourth-order valence-corrected chi connectivity index (χ4v) is 1.41. The van der Waals surface area contributed by atoms with Crippen LogP contribution in [-0.4, -0.2) is 25.4 Å². The third kappa shape index (κ3) is 2.61. The van der Waals surface area contributed by atoms with Crippen molar-refractivity contribution in [3.05, 3.63) is 35.9 Å². The van der Waals surface area contributed by atoms with E-state index in [-0.39, 0.29) is 12.4 Å². The molecular formula is C10H11BN2O3. The Bertz CT molecular complexity index is 396. The van der Waals surface area contributed by atoms with Crippen molar-refractivity contribution in [2.24, 2.45) is 0 Å². The van der Waals surface area contributed by atoms with Gasteiger partial charge in [0, 0.05) is 6.54 Å². The highest BCUT2D eigenvalue weighted by atomic mass is 16.5. The Kier molecular flexibility index (Phi) is 3.21. The Morgan fingerprint density at radius 1 is 1.44 bits per heavy atom. The second-order valence-electron chi connectivity index (χ2n) is 3.45. The Morgan fingerprint density at radius 2 is 2.19 bits per heavy atom. The van der Waals surface area contributed by atoms with E-state index in [2.05, 4.69) is 10.5 Å². The topological polar surface area (TPSA) is 67.4 Å². The van der Waals surface area contributed by atoms with Gasteiger partial charge >= 0.3 is 13.0 Å². The van der Waals surface area contributed by atoms with Crippen molar-refractivity contribution in [3.8, 4) is 0 Å². The molecule has 0 aromatic heterocycles. The number of hydrogen-bond acceptors (Lipinski definition) is 4. The van der Waals surface area contributed by atoms with E-state index in [9.17, 15) is 9.59 Å². The molecule has 0 atom stereocenters. The van der Waals surface area contributed by atoms with Crippen LogP contribution in [0.3, 0.4) is 0 Å². The second-order valence-corrected chi connectivity index (χ2v) is 3.45. The molecule has 0 spiro atoms. The first-order chi connectivity index (χ1) is 7.75. The van der Waals surface area contributed by atoms with Crippen LogP contribution >= 0.6 is 0 Å². The Labute approximate surface area is 93.3 Å². The molecule has 2 N–H and O–H groups in total. The number of hydrogen-bond donors (Lipinski definition) is 2. The largest absolute Gasteiger partial charge is 0.548 e. The van der Waals surface area contributed by atoms with Crippen molar-refractivity contribution in [2.75, 3.05) is 6.54 Å². The zero-order valence-corrected chi connectivity index (χ0v) is 8.60. The van der Waals surface area contributed by atoms with Gasteiger partial charge in [0.1, 0.15) is 0 Å². The van der Waals surface area contributed by atoms with Gasteiger partial charge in [0.05, 0.1) is 6.54 Å². The molecule has 0 aliphatic carbocycles. The molecule has 6 heteroatoms. The Hall–Kier alpha value is -1.82. The lowest BCUT2D eigenvalue weighted by Crippen LogP contribution is -2.44. The van der Waals surface area contributed by atoms with Crippen LogP contribution in [0.4, 0.5) is 4.79 Å². The average Bonchev–Trinajstić information content (AvgIpc) is 2.74. The quantitative estimate of drug-likeness (QED) is 0.706. The molecule has 1 fully saturated rings. The van der Waals surface area contributed by atoms with Crippen LogP contribution in [0.2, 0.25) is 0 Å². The Morgan fingerprint density at radius 3 is 2.81 bits per heavy atom. The van der Waals surface area contributed by atoms with Gasteiger partial charge in [-0.1, -0.05) is 30.3 Å². The minimum absolute atomic E-state index is 0.0867. The third-order valence-corrected chi connectivity index (χ3v) is 2.23. The van der Waals surface area contributed by atoms with Crippen LogP contribution in [-0.2, 0) is 16.0 Å². The standard InChI is InChI=1S/C10H11BN2O3/c14-9-7-13-11(16-9)10(15)12-6-8-4-2-1-3-5-8/h1-5,13H,6-7H2,(H,12,15). The summed E-state index contributed by atoms with van der Waals surface area (Å²) in [7, 11) is -0.851. The molecule has 1 aromatic rings. The van der Waals surface area contributed by atoms with Gasteiger partial charge in [-0.25, -0.2) is 0 Å². The lowest BCUT2D eigenvalue weighted by Gasteiger charge is -2.06. The first-order valence-electron chi connectivity index (χ1n) is 5.00. The maximum Gasteiger partial charge on any atom is 0.548 e. The minimum Gasteiger partial charge on any atom is -0.512 e. The highest BCUT2D eigenvalue weighted by Crippen LogP contribution is 1.99. The molecule has 2 rings (SSSR count). The molecule has 16 heavy (non-hydrogen) atoms. The fraction of sp³-hybridized carbons (Fsp3) is 0.200. The van der Waals surface area contributed by atoms with Crippen LogP contribution in [0.1, 0.15) is 5.56 Å². The van der Waals surface area contributed by atoms with Crippen LogP contribution in [0.5, 0.6) is 0 Å². The average molecular weight is 218 g/mol. The lowest BCUT2D eigenvalue weighted by molar-refractivity contribution is -0.131. The van der Waals surface area contributed by atoms with Gasteiger partial charge in [-0.05, 0) is 5.56 Å². The summed E-state index contributed by atoms with van der Waals surface area (Å²) in [5.41, 5.74) is 1.00.